The van der Waals surface area contributed by atoms with Crippen LogP contribution in [0.4, 0.5) is 0 Å². The minimum absolute atomic E-state index is 0.138. The van der Waals surface area contributed by atoms with Gasteiger partial charge in [-0.15, -0.1) is 22.7 Å². The number of rotatable bonds is 2. The van der Waals surface area contributed by atoms with E-state index in [2.05, 4.69) is 53.7 Å². The van der Waals surface area contributed by atoms with Crippen molar-refractivity contribution in [3.8, 4) is 21.1 Å². The van der Waals surface area contributed by atoms with Gasteiger partial charge in [-0.2, -0.15) is 0 Å². The van der Waals surface area contributed by atoms with E-state index in [0.717, 1.165) is 37.5 Å². The lowest BCUT2D eigenvalue weighted by atomic mass is 10.3. The fraction of sp³-hybridized carbons (Fsp3) is 0. The molecule has 13 heteroatoms. The highest BCUT2D eigenvalue weighted by atomic mass is 36.0. The molecular formula is C24H15Cl4N4O2PS2. The van der Waals surface area contributed by atoms with Gasteiger partial charge in [0.25, 0.3) is 5.56 Å². The fourth-order valence-electron chi connectivity index (χ4n) is 3.16. The minimum Gasteiger partial charge on any atom is -0.319 e. The molecule has 0 aliphatic carbocycles. The Labute approximate surface area is 238 Å². The first-order chi connectivity index (χ1) is 17.7. The van der Waals surface area contributed by atoms with Gasteiger partial charge in [-0.25, -0.2) is 15.0 Å². The predicted molar refractivity (Wildman–Crippen MR) is 159 cm³/mol. The van der Waals surface area contributed by atoms with E-state index < -0.39 is 5.20 Å². The standard InChI is InChI=1S/C12H7ClN2S.C12H8N2OS.Cl3OP/c13-12-11(10-6-3-7-16-10)14-8-4-1-2-5-9(8)15-12;15-12-11(10-6-3-7-16-10)13-8-4-1-2-5-9(8)14-12;1-5(2,3)4/h1-7H;1-7H,(H,14,15);. The molecule has 0 aliphatic heterocycles. The molecule has 6 nitrogen and oxygen atoms in total. The summed E-state index contributed by atoms with van der Waals surface area (Å²) >= 11 is 23.1. The molecule has 0 saturated heterocycles. The third-order valence-electron chi connectivity index (χ3n) is 4.64. The smallest absolute Gasteiger partial charge is 0.319 e. The van der Waals surface area contributed by atoms with E-state index in [4.69, 9.17) is 11.6 Å². The molecule has 0 atom stereocenters. The molecule has 0 bridgehead atoms. The number of H-pyrrole nitrogens is 1. The maximum absolute atomic E-state index is 11.8. The zero-order valence-electron chi connectivity index (χ0n) is 18.5. The molecule has 6 rings (SSSR count). The van der Waals surface area contributed by atoms with Crippen LogP contribution in [0.3, 0.4) is 0 Å². The third kappa shape index (κ3) is 7.85. The first kappa shape index (κ1) is 27.7. The zero-order valence-corrected chi connectivity index (χ0v) is 24.1. The van der Waals surface area contributed by atoms with Gasteiger partial charge in [0.15, 0.2) is 5.15 Å². The van der Waals surface area contributed by atoms with Crippen molar-refractivity contribution in [1.29, 1.82) is 0 Å². The second-order valence-corrected chi connectivity index (χ2v) is 16.0. The SMILES string of the molecule is Clc1nc2ccccc2nc1-c1cccs1.O=P(Cl)(Cl)Cl.O=c1[nH]c2ccccc2nc1-c1cccs1. The highest BCUT2D eigenvalue weighted by Crippen LogP contribution is 2.61. The number of thiophene rings is 2. The number of hydrogen-bond donors (Lipinski definition) is 1. The summed E-state index contributed by atoms with van der Waals surface area (Å²) in [7, 11) is 0. The Kier molecular flexibility index (Phi) is 9.37. The largest absolute Gasteiger partial charge is 0.339 e. The van der Waals surface area contributed by atoms with Gasteiger partial charge in [-0.1, -0.05) is 48.0 Å². The molecule has 0 aliphatic rings. The van der Waals surface area contributed by atoms with E-state index in [9.17, 15) is 9.36 Å². The Bertz CT molecular complexity index is 1730. The molecule has 37 heavy (non-hydrogen) atoms. The van der Waals surface area contributed by atoms with Crippen molar-refractivity contribution in [2.75, 3.05) is 0 Å². The molecular weight excluding hydrogens is 613 g/mol. The average Bonchev–Trinajstić information content (AvgIpc) is 3.57. The lowest BCUT2D eigenvalue weighted by Crippen LogP contribution is -2.10. The van der Waals surface area contributed by atoms with Crippen molar-refractivity contribution < 1.29 is 4.57 Å². The molecule has 188 valence electrons. The summed E-state index contributed by atoms with van der Waals surface area (Å²) in [6, 6.07) is 23.0. The van der Waals surface area contributed by atoms with Gasteiger partial charge in [0, 0.05) is 0 Å². The number of aromatic nitrogens is 4. The number of fused-ring (bicyclic) bond motifs is 2. The van der Waals surface area contributed by atoms with Gasteiger partial charge in [0.05, 0.1) is 31.8 Å². The first-order valence-electron chi connectivity index (χ1n) is 10.4. The monoisotopic (exact) mass is 626 g/mol. The van der Waals surface area contributed by atoms with Crippen LogP contribution in [-0.2, 0) is 4.57 Å². The maximum atomic E-state index is 11.8. The maximum Gasteiger partial charge on any atom is 0.339 e. The molecule has 2 aromatic carbocycles. The van der Waals surface area contributed by atoms with E-state index in [0.29, 0.717) is 10.8 Å². The van der Waals surface area contributed by atoms with Crippen LogP contribution in [-0.4, -0.2) is 19.9 Å². The molecule has 1 N–H and O–H groups in total. The summed E-state index contributed by atoms with van der Waals surface area (Å²) in [5, 5.41) is 1.18. The second kappa shape index (κ2) is 12.5. The molecule has 4 heterocycles. The summed E-state index contributed by atoms with van der Waals surface area (Å²) < 4.78 is 9.51. The Morgan fingerprint density at radius 3 is 1.73 bits per heavy atom. The Balaban J connectivity index is 0.000000147. The fourth-order valence-corrected chi connectivity index (χ4v) is 4.88. The van der Waals surface area contributed by atoms with Crippen LogP contribution in [0.1, 0.15) is 0 Å². The zero-order chi connectivity index (χ0) is 26.4. The quantitative estimate of drug-likeness (QED) is 0.193. The van der Waals surface area contributed by atoms with Crippen LogP contribution < -0.4 is 5.56 Å². The highest BCUT2D eigenvalue weighted by Gasteiger charge is 2.10. The number of hydrogen-bond acceptors (Lipinski definition) is 7. The minimum atomic E-state index is -3.22. The van der Waals surface area contributed by atoms with Crippen molar-refractivity contribution in [2.24, 2.45) is 0 Å². The van der Waals surface area contributed by atoms with Crippen LogP contribution >= 0.6 is 73.2 Å². The number of nitrogens with zero attached hydrogens (tertiary/aromatic N) is 3. The summed E-state index contributed by atoms with van der Waals surface area (Å²) in [6.45, 7) is 0. The predicted octanol–water partition coefficient (Wildman–Crippen LogP) is 9.47. The lowest BCUT2D eigenvalue weighted by molar-refractivity contribution is 0.600. The van der Waals surface area contributed by atoms with Crippen LogP contribution in [0.25, 0.3) is 43.2 Å². The van der Waals surface area contributed by atoms with Crippen molar-refractivity contribution >= 4 is 95.3 Å². The van der Waals surface area contributed by atoms with E-state index in [1.165, 1.54) is 11.3 Å². The lowest BCUT2D eigenvalue weighted by Gasteiger charge is -2.02. The van der Waals surface area contributed by atoms with Crippen LogP contribution in [0.15, 0.2) is 88.4 Å². The molecule has 0 amide bonds. The van der Waals surface area contributed by atoms with Gasteiger partial charge in [0.2, 0.25) is 0 Å². The Morgan fingerprint density at radius 2 is 1.16 bits per heavy atom. The number of benzene rings is 2. The number of para-hydroxylation sites is 4. The van der Waals surface area contributed by atoms with Gasteiger partial charge in [0.1, 0.15) is 11.4 Å². The van der Waals surface area contributed by atoms with Gasteiger partial charge < -0.3 is 4.98 Å². The van der Waals surface area contributed by atoms with Crippen LogP contribution in [0.2, 0.25) is 5.15 Å². The van der Waals surface area contributed by atoms with E-state index in [1.807, 2.05) is 83.6 Å². The van der Waals surface area contributed by atoms with Crippen LogP contribution in [0.5, 0.6) is 0 Å². The van der Waals surface area contributed by atoms with Crippen LogP contribution in [0, 0.1) is 0 Å². The highest BCUT2D eigenvalue weighted by molar-refractivity contribution is 8.24. The Morgan fingerprint density at radius 1 is 0.676 bits per heavy atom. The van der Waals surface area contributed by atoms with Crippen molar-refractivity contribution in [1.82, 2.24) is 19.9 Å². The first-order valence-corrected chi connectivity index (χ1v) is 16.9. The number of nitrogens with one attached hydrogen (secondary N) is 1. The van der Waals surface area contributed by atoms with E-state index in [1.54, 1.807) is 11.3 Å². The Hall–Kier alpha value is -2.29. The summed E-state index contributed by atoms with van der Waals surface area (Å²) in [4.78, 5) is 29.9. The van der Waals surface area contributed by atoms with Gasteiger partial charge in [-0.05, 0) is 80.9 Å². The van der Waals surface area contributed by atoms with E-state index in [-0.39, 0.29) is 5.56 Å². The number of aromatic amines is 1. The molecule has 0 fully saturated rings. The summed E-state index contributed by atoms with van der Waals surface area (Å²) in [6.07, 6.45) is 0. The summed E-state index contributed by atoms with van der Waals surface area (Å²) in [5.41, 5.74) is 4.40. The third-order valence-corrected chi connectivity index (χ3v) is 6.65. The number of halogens is 4. The van der Waals surface area contributed by atoms with E-state index >= 15 is 0 Å². The topological polar surface area (TPSA) is 88.6 Å². The molecule has 6 aromatic rings. The molecule has 0 radical (unpaired) electrons. The molecule has 0 saturated carbocycles. The summed E-state index contributed by atoms with van der Waals surface area (Å²) in [5.74, 6) is 0. The molecule has 0 spiro atoms. The van der Waals surface area contributed by atoms with Gasteiger partial charge in [-0.3, -0.25) is 9.36 Å². The van der Waals surface area contributed by atoms with Crippen molar-refractivity contribution in [3.63, 3.8) is 0 Å². The van der Waals surface area contributed by atoms with Gasteiger partial charge >= 0.3 is 5.20 Å². The molecule has 0 unspecified atom stereocenters. The molecule has 4 aromatic heterocycles. The average molecular weight is 628 g/mol. The normalized spacial score (nSPS) is 10.9. The second-order valence-electron chi connectivity index (χ2n) is 7.14. The van der Waals surface area contributed by atoms with Crippen molar-refractivity contribution in [3.05, 3.63) is 99.1 Å². The van der Waals surface area contributed by atoms with Crippen molar-refractivity contribution in [2.45, 2.75) is 0 Å².